The summed E-state index contributed by atoms with van der Waals surface area (Å²) in [7, 11) is 1.86. The third-order valence-electron chi connectivity index (χ3n) is 5.77. The molecule has 0 amide bonds. The van der Waals surface area contributed by atoms with Crippen molar-refractivity contribution in [2.24, 2.45) is 7.05 Å². The van der Waals surface area contributed by atoms with Crippen molar-refractivity contribution < 1.29 is 49.9 Å². The molecule has 0 aliphatic rings. The van der Waals surface area contributed by atoms with E-state index in [1.165, 1.54) is 29.5 Å². The monoisotopic (exact) mass is 657 g/mol. The van der Waals surface area contributed by atoms with Crippen LogP contribution in [-0.2, 0) is 19.4 Å². The first-order valence-corrected chi connectivity index (χ1v) is 13.8. The molecule has 2 aromatic carbocycles. The lowest BCUT2D eigenvalue weighted by Crippen LogP contribution is -2.13. The standard InChI is InChI=1S/C9H6F4O.C9H7F3O.C7H9NO.C7H8OS/c1-5(14)8-6(9(11,12)13)3-2-4-7(8)10;1-6(13)7-4-2-3-5-8(7)9(10,11)12;1-6(9)7-4-3-5-8(7)2;1-5-3-4-9-7(5)6(2)8/h2-4H,1H3;2-5H,1H3;3-5H,1-2H3;3-4H,1-2H3. The largest absolute Gasteiger partial charge is 0.417 e. The topological polar surface area (TPSA) is 73.2 Å². The summed E-state index contributed by atoms with van der Waals surface area (Å²) in [5.41, 5.74) is -1.44. The Balaban J connectivity index is 0.000000306. The number of hydrogen-bond acceptors (Lipinski definition) is 5. The molecule has 0 bridgehead atoms. The van der Waals surface area contributed by atoms with Crippen LogP contribution >= 0.6 is 11.3 Å². The highest BCUT2D eigenvalue weighted by molar-refractivity contribution is 7.12. The van der Waals surface area contributed by atoms with Gasteiger partial charge in [0.1, 0.15) is 5.82 Å². The fourth-order valence-electron chi connectivity index (χ4n) is 3.72. The molecule has 242 valence electrons. The number of aryl methyl sites for hydroxylation is 2. The summed E-state index contributed by atoms with van der Waals surface area (Å²) >= 11 is 1.51. The molecule has 0 radical (unpaired) electrons. The zero-order chi connectivity index (χ0) is 34.7. The Bertz CT molecular complexity index is 1580. The van der Waals surface area contributed by atoms with Gasteiger partial charge in [0.25, 0.3) is 0 Å². The maximum absolute atomic E-state index is 12.9. The fraction of sp³-hybridized carbons (Fsp3) is 0.250. The van der Waals surface area contributed by atoms with Crippen molar-refractivity contribution in [3.63, 3.8) is 0 Å². The molecule has 2 aromatic heterocycles. The van der Waals surface area contributed by atoms with Crippen LogP contribution < -0.4 is 0 Å². The summed E-state index contributed by atoms with van der Waals surface area (Å²) in [4.78, 5) is 43.9. The van der Waals surface area contributed by atoms with Crippen LogP contribution in [0.2, 0.25) is 0 Å². The summed E-state index contributed by atoms with van der Waals surface area (Å²) in [5.74, 6) is -2.37. The van der Waals surface area contributed by atoms with Gasteiger partial charge in [-0.15, -0.1) is 11.3 Å². The van der Waals surface area contributed by atoms with Crippen LogP contribution in [0.4, 0.5) is 30.7 Å². The Morgan fingerprint density at radius 2 is 1.22 bits per heavy atom. The van der Waals surface area contributed by atoms with Crippen molar-refractivity contribution in [2.45, 2.75) is 47.0 Å². The number of carbonyl (C=O) groups excluding carboxylic acids is 4. The van der Waals surface area contributed by atoms with E-state index in [1.54, 1.807) is 13.8 Å². The number of hydrogen-bond donors (Lipinski definition) is 0. The van der Waals surface area contributed by atoms with E-state index in [0.29, 0.717) is 6.07 Å². The minimum atomic E-state index is -4.71. The molecule has 0 atom stereocenters. The molecule has 0 aliphatic carbocycles. The second-order valence-electron chi connectivity index (χ2n) is 9.37. The molecule has 13 heteroatoms. The molecule has 0 fully saturated rings. The summed E-state index contributed by atoms with van der Waals surface area (Å²) in [6.07, 6.45) is -7.30. The van der Waals surface area contributed by atoms with Gasteiger partial charge < -0.3 is 4.57 Å². The molecular weight excluding hydrogens is 627 g/mol. The lowest BCUT2D eigenvalue weighted by Gasteiger charge is -2.10. The van der Waals surface area contributed by atoms with Crippen molar-refractivity contribution >= 4 is 34.5 Å². The number of aromatic nitrogens is 1. The summed E-state index contributed by atoms with van der Waals surface area (Å²) in [6, 6.07) is 12.8. The van der Waals surface area contributed by atoms with Gasteiger partial charge in [0, 0.05) is 25.7 Å². The lowest BCUT2D eigenvalue weighted by molar-refractivity contribution is -0.138. The quantitative estimate of drug-likeness (QED) is 0.162. The van der Waals surface area contributed by atoms with Gasteiger partial charge in [0.15, 0.2) is 23.1 Å². The highest BCUT2D eigenvalue weighted by atomic mass is 32.1. The molecule has 0 aliphatic heterocycles. The first-order chi connectivity index (χ1) is 20.7. The Morgan fingerprint density at radius 1 is 0.667 bits per heavy atom. The van der Waals surface area contributed by atoms with E-state index in [0.717, 1.165) is 48.2 Å². The number of carbonyl (C=O) groups is 4. The molecule has 0 unspecified atom stereocenters. The van der Waals surface area contributed by atoms with Gasteiger partial charge in [-0.25, -0.2) is 4.39 Å². The van der Waals surface area contributed by atoms with Gasteiger partial charge in [-0.05, 0) is 75.0 Å². The Morgan fingerprint density at radius 3 is 1.53 bits per heavy atom. The minimum absolute atomic E-state index is 0.113. The first-order valence-electron chi connectivity index (χ1n) is 12.9. The minimum Gasteiger partial charge on any atom is -0.348 e. The van der Waals surface area contributed by atoms with Crippen molar-refractivity contribution in [3.8, 4) is 0 Å². The maximum Gasteiger partial charge on any atom is 0.417 e. The first kappa shape index (κ1) is 38.6. The predicted molar refractivity (Wildman–Crippen MR) is 157 cm³/mol. The highest BCUT2D eigenvalue weighted by Gasteiger charge is 2.36. The summed E-state index contributed by atoms with van der Waals surface area (Å²) in [5, 5.41) is 1.94. The van der Waals surface area contributed by atoms with Gasteiger partial charge >= 0.3 is 12.4 Å². The molecule has 5 nitrogen and oxygen atoms in total. The average molecular weight is 658 g/mol. The number of benzene rings is 2. The third-order valence-corrected chi connectivity index (χ3v) is 6.89. The molecule has 0 saturated heterocycles. The van der Waals surface area contributed by atoms with Gasteiger partial charge in [0.2, 0.25) is 0 Å². The van der Waals surface area contributed by atoms with Crippen LogP contribution in [0.25, 0.3) is 0 Å². The highest BCUT2D eigenvalue weighted by Crippen LogP contribution is 2.33. The van der Waals surface area contributed by atoms with Crippen LogP contribution in [0, 0.1) is 12.7 Å². The van der Waals surface area contributed by atoms with E-state index in [-0.39, 0.29) is 17.1 Å². The maximum atomic E-state index is 12.9. The van der Waals surface area contributed by atoms with Crippen LogP contribution in [0.5, 0.6) is 0 Å². The van der Waals surface area contributed by atoms with Crippen molar-refractivity contribution in [3.05, 3.63) is 116 Å². The van der Waals surface area contributed by atoms with E-state index in [9.17, 15) is 49.9 Å². The van der Waals surface area contributed by atoms with Crippen molar-refractivity contribution in [2.75, 3.05) is 0 Å². The summed E-state index contributed by atoms with van der Waals surface area (Å²) < 4.78 is 88.3. The van der Waals surface area contributed by atoms with E-state index in [1.807, 2.05) is 48.3 Å². The zero-order valence-corrected chi connectivity index (χ0v) is 25.9. The van der Waals surface area contributed by atoms with Crippen LogP contribution in [-0.4, -0.2) is 27.7 Å². The average Bonchev–Trinajstić information content (AvgIpc) is 3.56. The van der Waals surface area contributed by atoms with Crippen LogP contribution in [0.3, 0.4) is 0 Å². The Hall–Kier alpha value is -4.39. The Kier molecular flexibility index (Phi) is 14.3. The lowest BCUT2D eigenvalue weighted by atomic mass is 10.0. The van der Waals surface area contributed by atoms with Crippen LogP contribution in [0.1, 0.15) is 85.3 Å². The third kappa shape index (κ3) is 11.9. The molecular formula is C32H30F7NO4S. The second-order valence-corrected chi connectivity index (χ2v) is 10.3. The Labute approximate surface area is 259 Å². The van der Waals surface area contributed by atoms with Gasteiger partial charge in [-0.1, -0.05) is 24.3 Å². The number of ketones is 4. The number of rotatable bonds is 4. The molecule has 0 spiro atoms. The molecule has 4 rings (SSSR count). The smallest absolute Gasteiger partial charge is 0.348 e. The molecule has 0 N–H and O–H groups in total. The number of thiophene rings is 1. The number of Topliss-reactive ketones (excluding diaryl/α,β-unsaturated/α-hetero) is 4. The molecule has 4 aromatic rings. The number of nitrogens with zero attached hydrogens (tertiary/aromatic N) is 1. The van der Waals surface area contributed by atoms with Crippen molar-refractivity contribution in [1.82, 2.24) is 4.57 Å². The molecule has 45 heavy (non-hydrogen) atoms. The van der Waals surface area contributed by atoms with Gasteiger partial charge in [-0.2, -0.15) is 26.3 Å². The van der Waals surface area contributed by atoms with E-state index in [2.05, 4.69) is 0 Å². The molecule has 0 saturated carbocycles. The number of alkyl halides is 6. The second kappa shape index (κ2) is 16.6. The van der Waals surface area contributed by atoms with Crippen molar-refractivity contribution in [1.29, 1.82) is 0 Å². The SMILES string of the molecule is CC(=O)c1c(F)cccc1C(F)(F)F.CC(=O)c1ccccc1C(F)(F)F.CC(=O)c1cccn1C.CC(=O)c1sccc1C. The zero-order valence-electron chi connectivity index (χ0n) is 25.1. The predicted octanol–water partition coefficient (Wildman–Crippen LogP) is 9.44. The van der Waals surface area contributed by atoms with Gasteiger partial charge in [-0.3, -0.25) is 19.2 Å². The van der Waals surface area contributed by atoms with E-state index < -0.39 is 46.4 Å². The molecule has 2 heterocycles. The van der Waals surface area contributed by atoms with E-state index >= 15 is 0 Å². The van der Waals surface area contributed by atoms with E-state index in [4.69, 9.17) is 0 Å². The van der Waals surface area contributed by atoms with Crippen LogP contribution in [0.15, 0.2) is 72.2 Å². The normalized spacial score (nSPS) is 10.7. The summed E-state index contributed by atoms with van der Waals surface area (Å²) in [6.45, 7) is 7.12. The number of halogens is 7. The van der Waals surface area contributed by atoms with Gasteiger partial charge in [0.05, 0.1) is 27.3 Å². The fourth-order valence-corrected chi connectivity index (χ4v) is 4.54.